The Morgan fingerprint density at radius 3 is 2.34 bits per heavy atom. The Morgan fingerprint density at radius 2 is 1.66 bits per heavy atom. The van der Waals surface area contributed by atoms with Gasteiger partial charge in [0.05, 0.1) is 32.8 Å². The zero-order valence-electron chi connectivity index (χ0n) is 25.6. The molecular formula is C36H38N2O5S. The molecule has 7 nitrogen and oxygen atoms in total. The van der Waals surface area contributed by atoms with Gasteiger partial charge < -0.3 is 24.1 Å². The zero-order chi connectivity index (χ0) is 31.1. The molecule has 5 rings (SSSR count). The van der Waals surface area contributed by atoms with Crippen molar-refractivity contribution in [3.63, 3.8) is 0 Å². The molecule has 0 aliphatic rings. The van der Waals surface area contributed by atoms with E-state index in [0.29, 0.717) is 18.5 Å². The summed E-state index contributed by atoms with van der Waals surface area (Å²) in [6.07, 6.45) is 3.41. The maximum atomic E-state index is 14.2. The number of esters is 1. The molecule has 5 aromatic rings. The highest BCUT2D eigenvalue weighted by molar-refractivity contribution is 7.22. The monoisotopic (exact) mass is 610 g/mol. The molecule has 3 aromatic carbocycles. The van der Waals surface area contributed by atoms with Crippen LogP contribution in [0.2, 0.25) is 0 Å². The second-order valence-corrected chi connectivity index (χ2v) is 11.5. The van der Waals surface area contributed by atoms with Crippen LogP contribution in [0.1, 0.15) is 47.3 Å². The summed E-state index contributed by atoms with van der Waals surface area (Å²) in [6.45, 7) is 4.95. The van der Waals surface area contributed by atoms with Crippen molar-refractivity contribution in [3.8, 4) is 21.9 Å². The molecule has 1 unspecified atom stereocenters. The third-order valence-electron chi connectivity index (χ3n) is 7.77. The summed E-state index contributed by atoms with van der Waals surface area (Å²) in [4.78, 5) is 29.0. The molecule has 0 spiro atoms. The molecule has 2 heterocycles. The number of fused-ring (bicyclic) bond motifs is 1. The normalized spacial score (nSPS) is 11.8. The lowest BCUT2D eigenvalue weighted by Crippen LogP contribution is -2.30. The van der Waals surface area contributed by atoms with Crippen molar-refractivity contribution in [2.75, 3.05) is 20.8 Å². The molecule has 1 atom stereocenters. The molecule has 2 aromatic heterocycles. The predicted octanol–water partition coefficient (Wildman–Crippen LogP) is 7.08. The largest absolute Gasteiger partial charge is 0.497 e. The average Bonchev–Trinajstić information content (AvgIpc) is 3.45. The second kappa shape index (κ2) is 14.4. The van der Waals surface area contributed by atoms with Crippen LogP contribution in [0.5, 0.6) is 11.5 Å². The summed E-state index contributed by atoms with van der Waals surface area (Å²) >= 11 is 1.55. The molecular weight excluding hydrogens is 572 g/mol. The van der Waals surface area contributed by atoms with Crippen molar-refractivity contribution in [3.05, 3.63) is 118 Å². The number of hydrogen-bond acceptors (Lipinski definition) is 7. The van der Waals surface area contributed by atoms with E-state index in [1.54, 1.807) is 38.7 Å². The van der Waals surface area contributed by atoms with Gasteiger partial charge in [-0.3, -0.25) is 4.79 Å². The number of carbonyl (C=O) groups excluding carboxylic acids is 1. The van der Waals surface area contributed by atoms with Gasteiger partial charge in [-0.1, -0.05) is 55.5 Å². The number of pyridine rings is 1. The number of nitrogens with one attached hydrogen (secondary N) is 1. The fourth-order valence-electron chi connectivity index (χ4n) is 5.43. The first-order valence-corrected chi connectivity index (χ1v) is 15.7. The van der Waals surface area contributed by atoms with E-state index in [-0.39, 0.29) is 23.6 Å². The van der Waals surface area contributed by atoms with Gasteiger partial charge >= 0.3 is 5.97 Å². The Balaban J connectivity index is 1.68. The van der Waals surface area contributed by atoms with E-state index in [1.165, 1.54) is 5.56 Å². The van der Waals surface area contributed by atoms with Crippen molar-refractivity contribution in [2.45, 2.75) is 45.8 Å². The fraction of sp³-hybridized carbons (Fsp3) is 0.278. The molecule has 228 valence electrons. The van der Waals surface area contributed by atoms with Crippen LogP contribution in [0.3, 0.4) is 0 Å². The van der Waals surface area contributed by atoms with Crippen LogP contribution >= 0.6 is 11.3 Å². The molecule has 0 aliphatic carbocycles. The number of ether oxygens (including phenoxy) is 3. The number of thiophene rings is 1. The maximum Gasteiger partial charge on any atom is 0.343 e. The van der Waals surface area contributed by atoms with Crippen LogP contribution in [0.4, 0.5) is 0 Å². The lowest BCUT2D eigenvalue weighted by Gasteiger charge is -2.18. The van der Waals surface area contributed by atoms with Crippen LogP contribution in [-0.4, -0.2) is 37.4 Å². The highest BCUT2D eigenvalue weighted by Gasteiger charge is 2.25. The van der Waals surface area contributed by atoms with Gasteiger partial charge in [0, 0.05) is 29.2 Å². The van der Waals surface area contributed by atoms with Gasteiger partial charge in [-0.05, 0) is 66.8 Å². The van der Waals surface area contributed by atoms with Crippen molar-refractivity contribution >= 4 is 27.5 Å². The van der Waals surface area contributed by atoms with Crippen LogP contribution in [-0.2, 0) is 24.2 Å². The van der Waals surface area contributed by atoms with E-state index in [4.69, 9.17) is 14.2 Å². The standard InChI is InChI=1S/C36H38N2O5S/c1-5-27(20-24-12-8-7-9-13-24)37-21-29-32-33(39)30(36(40)43-6-2)23-38(22-26-14-10-11-15-31(26)42-4)35(32)44-34(29)25-16-18-28(41-3)19-17-25/h7-19,23,27,37H,5-6,20-22H2,1-4H3. The summed E-state index contributed by atoms with van der Waals surface area (Å²) < 4.78 is 18.4. The van der Waals surface area contributed by atoms with Crippen molar-refractivity contribution in [1.82, 2.24) is 9.88 Å². The second-order valence-electron chi connectivity index (χ2n) is 10.5. The Morgan fingerprint density at radius 1 is 0.932 bits per heavy atom. The first kappa shape index (κ1) is 31.0. The lowest BCUT2D eigenvalue weighted by atomic mass is 10.0. The highest BCUT2D eigenvalue weighted by Crippen LogP contribution is 2.39. The number of para-hydroxylation sites is 1. The molecule has 0 aliphatic heterocycles. The summed E-state index contributed by atoms with van der Waals surface area (Å²) in [5.41, 5.74) is 3.72. The van der Waals surface area contributed by atoms with E-state index in [9.17, 15) is 9.59 Å². The summed E-state index contributed by atoms with van der Waals surface area (Å²) in [7, 11) is 3.28. The lowest BCUT2D eigenvalue weighted by molar-refractivity contribution is 0.0524. The van der Waals surface area contributed by atoms with Crippen LogP contribution in [0.25, 0.3) is 20.7 Å². The number of carbonyl (C=O) groups is 1. The Kier molecular flexibility index (Phi) is 10.1. The van der Waals surface area contributed by atoms with Gasteiger partial charge in [0.2, 0.25) is 5.43 Å². The highest BCUT2D eigenvalue weighted by atomic mass is 32.1. The van der Waals surface area contributed by atoms with Crippen LogP contribution < -0.4 is 20.2 Å². The quantitative estimate of drug-likeness (QED) is 0.144. The molecule has 0 fully saturated rings. The molecule has 44 heavy (non-hydrogen) atoms. The molecule has 0 amide bonds. The number of aromatic nitrogens is 1. The topological polar surface area (TPSA) is 78.8 Å². The Bertz CT molecular complexity index is 1780. The van der Waals surface area contributed by atoms with Gasteiger partial charge in [0.1, 0.15) is 21.9 Å². The minimum absolute atomic E-state index is 0.0194. The first-order valence-electron chi connectivity index (χ1n) is 14.9. The van der Waals surface area contributed by atoms with Gasteiger partial charge in [0.25, 0.3) is 0 Å². The number of nitrogens with zero attached hydrogens (tertiary/aromatic N) is 1. The number of hydrogen-bond donors (Lipinski definition) is 1. The SMILES string of the molecule is CCOC(=O)c1cn(Cc2ccccc2OC)c2sc(-c3ccc(OC)cc3)c(CNC(CC)Cc3ccccc3)c2c1=O. The van der Waals surface area contributed by atoms with E-state index < -0.39 is 5.97 Å². The average molecular weight is 611 g/mol. The van der Waals surface area contributed by atoms with E-state index in [1.807, 2.05) is 59.2 Å². The smallest absolute Gasteiger partial charge is 0.343 e. The van der Waals surface area contributed by atoms with Crippen LogP contribution in [0.15, 0.2) is 89.9 Å². The first-order chi connectivity index (χ1) is 21.5. The van der Waals surface area contributed by atoms with Gasteiger partial charge in [-0.15, -0.1) is 11.3 Å². The number of benzene rings is 3. The summed E-state index contributed by atoms with van der Waals surface area (Å²) in [5.74, 6) is 0.862. The van der Waals surface area contributed by atoms with Gasteiger partial charge in [-0.25, -0.2) is 4.79 Å². The van der Waals surface area contributed by atoms with Crippen LogP contribution in [0, 0.1) is 0 Å². The molecule has 0 radical (unpaired) electrons. The van der Waals surface area contributed by atoms with E-state index in [0.717, 1.165) is 50.7 Å². The van der Waals surface area contributed by atoms with E-state index >= 15 is 0 Å². The number of rotatable bonds is 13. The third-order valence-corrected chi connectivity index (χ3v) is 9.09. The minimum Gasteiger partial charge on any atom is -0.497 e. The molecule has 0 saturated carbocycles. The van der Waals surface area contributed by atoms with Gasteiger partial charge in [-0.2, -0.15) is 0 Å². The maximum absolute atomic E-state index is 14.2. The van der Waals surface area contributed by atoms with Crippen molar-refractivity contribution < 1.29 is 19.0 Å². The third kappa shape index (κ3) is 6.72. The minimum atomic E-state index is -0.625. The van der Waals surface area contributed by atoms with Crippen molar-refractivity contribution in [2.24, 2.45) is 0 Å². The Labute approximate surface area is 262 Å². The van der Waals surface area contributed by atoms with Gasteiger partial charge in [0.15, 0.2) is 0 Å². The molecule has 8 heteroatoms. The van der Waals surface area contributed by atoms with E-state index in [2.05, 4.69) is 36.5 Å². The number of methoxy groups -OCH3 is 2. The molecule has 0 bridgehead atoms. The predicted molar refractivity (Wildman–Crippen MR) is 177 cm³/mol. The van der Waals surface area contributed by atoms with Crippen molar-refractivity contribution in [1.29, 1.82) is 0 Å². The zero-order valence-corrected chi connectivity index (χ0v) is 26.4. The molecule has 1 N–H and O–H groups in total. The summed E-state index contributed by atoms with van der Waals surface area (Å²) in [5, 5.41) is 4.26. The molecule has 0 saturated heterocycles. The Hall–Kier alpha value is -4.40. The summed E-state index contributed by atoms with van der Waals surface area (Å²) in [6, 6.07) is 26.2. The fourth-order valence-corrected chi connectivity index (χ4v) is 6.73.